The average molecular weight is 207 g/mol. The van der Waals surface area contributed by atoms with Gasteiger partial charge < -0.3 is 10.5 Å². The molecule has 0 aromatic carbocycles. The largest absolute Gasteiger partial charge is 0.330 e. The zero-order chi connectivity index (χ0) is 11.7. The fraction of sp³-hybridized carbons (Fsp3) is 0.462. The normalized spacial score (nSPS) is 11.0. The maximum atomic E-state index is 10.3. The summed E-state index contributed by atoms with van der Waals surface area (Å²) in [5, 5.41) is 0. The molecule has 0 amide bonds. The van der Waals surface area contributed by atoms with Crippen molar-refractivity contribution in [3.8, 4) is 0 Å². The molecule has 2 N–H and O–H groups in total. The van der Waals surface area contributed by atoms with E-state index in [9.17, 15) is 4.79 Å². The molecule has 2 nitrogen and oxygen atoms in total. The van der Waals surface area contributed by atoms with Crippen LogP contribution in [0, 0.1) is 0 Å². The van der Waals surface area contributed by atoms with Crippen LogP contribution in [0.15, 0.2) is 35.5 Å². The molecular formula is C13H21NO. The Labute approximate surface area is 92.6 Å². The minimum Gasteiger partial charge on any atom is -0.330 e. The third-order valence-corrected chi connectivity index (χ3v) is 2.23. The number of rotatable bonds is 7. The summed E-state index contributed by atoms with van der Waals surface area (Å²) < 4.78 is 0. The van der Waals surface area contributed by atoms with Crippen LogP contribution in [0.25, 0.3) is 0 Å². The van der Waals surface area contributed by atoms with Crippen LogP contribution in [0.1, 0.15) is 33.1 Å². The Hall–Kier alpha value is -1.15. The second-order valence-corrected chi connectivity index (χ2v) is 3.69. The molecule has 0 atom stereocenters. The molecule has 0 saturated heterocycles. The van der Waals surface area contributed by atoms with E-state index in [2.05, 4.69) is 26.5 Å². The van der Waals surface area contributed by atoms with Gasteiger partial charge in [-0.25, -0.2) is 0 Å². The van der Waals surface area contributed by atoms with Crippen LogP contribution in [0.2, 0.25) is 0 Å². The van der Waals surface area contributed by atoms with E-state index in [1.54, 1.807) is 0 Å². The van der Waals surface area contributed by atoms with Crippen molar-refractivity contribution in [1.29, 1.82) is 0 Å². The Bertz CT molecular complexity index is 270. The predicted octanol–water partition coefficient (Wildman–Crippen LogP) is 2.76. The molecule has 2 heteroatoms. The fourth-order valence-electron chi connectivity index (χ4n) is 1.30. The number of nitrogens with two attached hydrogens (primary N) is 1. The number of allylic oxidation sites excluding steroid dienone is 4. The lowest BCUT2D eigenvalue weighted by atomic mass is 10.0. The Balaban J connectivity index is 4.68. The smallest absolute Gasteiger partial charge is 0.120 e. The third-order valence-electron chi connectivity index (χ3n) is 2.23. The third kappa shape index (κ3) is 6.02. The molecule has 0 aliphatic heterocycles. The van der Waals surface area contributed by atoms with Gasteiger partial charge >= 0.3 is 0 Å². The minimum absolute atomic E-state index is 0.552. The average Bonchev–Trinajstić information content (AvgIpc) is 2.22. The lowest BCUT2D eigenvalue weighted by molar-refractivity contribution is -0.107. The maximum absolute atomic E-state index is 10.3. The summed E-state index contributed by atoms with van der Waals surface area (Å²) in [6.45, 7) is 8.54. The number of carbonyl (C=O) groups is 1. The second kappa shape index (κ2) is 8.18. The summed E-state index contributed by atoms with van der Waals surface area (Å²) in [7, 11) is 0. The van der Waals surface area contributed by atoms with Crippen molar-refractivity contribution in [2.24, 2.45) is 5.73 Å². The number of hydrogen-bond donors (Lipinski definition) is 1. The molecule has 0 spiro atoms. The molecule has 0 aliphatic rings. The van der Waals surface area contributed by atoms with Gasteiger partial charge in [0.2, 0.25) is 0 Å². The van der Waals surface area contributed by atoms with E-state index >= 15 is 0 Å². The fourth-order valence-corrected chi connectivity index (χ4v) is 1.30. The van der Waals surface area contributed by atoms with Crippen molar-refractivity contribution >= 4 is 6.29 Å². The van der Waals surface area contributed by atoms with Crippen molar-refractivity contribution < 1.29 is 4.79 Å². The van der Waals surface area contributed by atoms with Gasteiger partial charge in [0, 0.05) is 6.42 Å². The van der Waals surface area contributed by atoms with Gasteiger partial charge in [-0.1, -0.05) is 24.3 Å². The standard InChI is InChI=1S/C13H21NO/c1-4-12(6-5-9-15)10-13(7-8-14)11(2)3/h4,9-10H,1,5-8,14H2,2-3H3/b12-10+. The Morgan fingerprint density at radius 2 is 2.00 bits per heavy atom. The molecule has 0 fully saturated rings. The van der Waals surface area contributed by atoms with E-state index in [1.165, 1.54) is 11.1 Å². The number of hydrogen-bond acceptors (Lipinski definition) is 2. The molecule has 0 radical (unpaired) electrons. The highest BCUT2D eigenvalue weighted by Gasteiger charge is 1.98. The summed E-state index contributed by atoms with van der Waals surface area (Å²) >= 11 is 0. The van der Waals surface area contributed by atoms with Crippen LogP contribution in [0.5, 0.6) is 0 Å². The Kier molecular flexibility index (Phi) is 7.56. The van der Waals surface area contributed by atoms with Gasteiger partial charge in [-0.2, -0.15) is 0 Å². The molecule has 0 heterocycles. The van der Waals surface area contributed by atoms with Gasteiger partial charge in [0.15, 0.2) is 0 Å². The maximum Gasteiger partial charge on any atom is 0.120 e. The summed E-state index contributed by atoms with van der Waals surface area (Å²) in [5.74, 6) is 0. The molecular weight excluding hydrogens is 186 g/mol. The molecule has 0 saturated carbocycles. The van der Waals surface area contributed by atoms with Crippen LogP contribution in [-0.2, 0) is 4.79 Å². The minimum atomic E-state index is 0.552. The molecule has 0 aromatic heterocycles. The quantitative estimate of drug-likeness (QED) is 0.515. The first-order chi connectivity index (χ1) is 7.15. The van der Waals surface area contributed by atoms with Crippen molar-refractivity contribution in [2.45, 2.75) is 33.1 Å². The van der Waals surface area contributed by atoms with Crippen LogP contribution >= 0.6 is 0 Å². The van der Waals surface area contributed by atoms with E-state index in [4.69, 9.17) is 5.73 Å². The van der Waals surface area contributed by atoms with Gasteiger partial charge in [0.05, 0.1) is 0 Å². The van der Waals surface area contributed by atoms with Crippen LogP contribution in [-0.4, -0.2) is 12.8 Å². The SMILES string of the molecule is C=C/C(=C\C(CCN)=C(C)C)CCC=O. The van der Waals surface area contributed by atoms with Crippen LogP contribution in [0.4, 0.5) is 0 Å². The van der Waals surface area contributed by atoms with Gasteiger partial charge in [-0.05, 0) is 44.4 Å². The number of aldehydes is 1. The summed E-state index contributed by atoms with van der Waals surface area (Å²) in [5.41, 5.74) is 9.16. The van der Waals surface area contributed by atoms with Gasteiger partial charge in [-0.3, -0.25) is 0 Å². The van der Waals surface area contributed by atoms with E-state index in [0.29, 0.717) is 13.0 Å². The molecule has 84 valence electrons. The van der Waals surface area contributed by atoms with Crippen molar-refractivity contribution in [3.63, 3.8) is 0 Å². The summed E-state index contributed by atoms with van der Waals surface area (Å²) in [6, 6.07) is 0. The predicted molar refractivity (Wildman–Crippen MR) is 65.6 cm³/mol. The highest BCUT2D eigenvalue weighted by atomic mass is 16.1. The lowest BCUT2D eigenvalue weighted by Gasteiger charge is -2.06. The van der Waals surface area contributed by atoms with Crippen molar-refractivity contribution in [2.75, 3.05) is 6.54 Å². The zero-order valence-corrected chi connectivity index (χ0v) is 9.75. The van der Waals surface area contributed by atoms with E-state index in [-0.39, 0.29) is 0 Å². The van der Waals surface area contributed by atoms with E-state index in [0.717, 1.165) is 24.7 Å². The van der Waals surface area contributed by atoms with E-state index < -0.39 is 0 Å². The highest BCUT2D eigenvalue weighted by Crippen LogP contribution is 2.15. The number of carbonyl (C=O) groups excluding carboxylic acids is 1. The molecule has 0 rings (SSSR count). The van der Waals surface area contributed by atoms with Gasteiger partial charge in [0.1, 0.15) is 6.29 Å². The summed E-state index contributed by atoms with van der Waals surface area (Å²) in [4.78, 5) is 10.3. The summed E-state index contributed by atoms with van der Waals surface area (Å²) in [6.07, 6.45) is 7.02. The van der Waals surface area contributed by atoms with E-state index in [1.807, 2.05) is 6.08 Å². The van der Waals surface area contributed by atoms with Crippen LogP contribution in [0.3, 0.4) is 0 Å². The first-order valence-corrected chi connectivity index (χ1v) is 5.28. The van der Waals surface area contributed by atoms with Gasteiger partial charge in [0.25, 0.3) is 0 Å². The molecule has 0 aromatic rings. The molecule has 0 bridgehead atoms. The van der Waals surface area contributed by atoms with Crippen molar-refractivity contribution in [3.05, 3.63) is 35.5 Å². The molecule has 0 unspecified atom stereocenters. The van der Waals surface area contributed by atoms with Gasteiger partial charge in [-0.15, -0.1) is 0 Å². The molecule has 0 aliphatic carbocycles. The highest BCUT2D eigenvalue weighted by molar-refractivity contribution is 5.50. The topological polar surface area (TPSA) is 43.1 Å². The van der Waals surface area contributed by atoms with Crippen molar-refractivity contribution in [1.82, 2.24) is 0 Å². The lowest BCUT2D eigenvalue weighted by Crippen LogP contribution is -2.00. The van der Waals surface area contributed by atoms with Crippen LogP contribution < -0.4 is 5.73 Å². The first kappa shape index (κ1) is 13.8. The zero-order valence-electron chi connectivity index (χ0n) is 9.75. The monoisotopic (exact) mass is 207 g/mol. The first-order valence-electron chi connectivity index (χ1n) is 5.28. The molecule has 15 heavy (non-hydrogen) atoms. The second-order valence-electron chi connectivity index (χ2n) is 3.69. The Morgan fingerprint density at radius 3 is 2.40 bits per heavy atom. The Morgan fingerprint density at radius 1 is 1.33 bits per heavy atom.